The molecule has 1 fully saturated rings. The van der Waals surface area contributed by atoms with E-state index >= 15 is 0 Å². The van der Waals surface area contributed by atoms with Crippen molar-refractivity contribution in [3.63, 3.8) is 0 Å². The number of nitrogens with one attached hydrogen (secondary N) is 1. The van der Waals surface area contributed by atoms with Crippen molar-refractivity contribution < 1.29 is 13.3 Å². The molecule has 0 aromatic carbocycles. The SMILES string of the molecule is Nc1sc(S(=O)(=O)NCCCC2CCCC2)cc1[N+](=O)[O-]. The minimum atomic E-state index is -3.71. The van der Waals surface area contributed by atoms with Gasteiger partial charge in [-0.15, -0.1) is 0 Å². The fourth-order valence-corrected chi connectivity index (χ4v) is 4.95. The summed E-state index contributed by atoms with van der Waals surface area (Å²) in [6.07, 6.45) is 6.83. The molecule has 0 radical (unpaired) electrons. The number of sulfonamides is 1. The first kappa shape index (κ1) is 16.2. The summed E-state index contributed by atoms with van der Waals surface area (Å²) in [5, 5.41) is 10.6. The molecule has 9 heteroatoms. The summed E-state index contributed by atoms with van der Waals surface area (Å²) in [6, 6.07) is 1.01. The summed E-state index contributed by atoms with van der Waals surface area (Å²) in [7, 11) is -3.71. The van der Waals surface area contributed by atoms with Gasteiger partial charge in [0, 0.05) is 12.6 Å². The first-order chi connectivity index (χ1) is 9.90. The van der Waals surface area contributed by atoms with E-state index in [0.29, 0.717) is 12.5 Å². The summed E-state index contributed by atoms with van der Waals surface area (Å²) in [6.45, 7) is 0.352. The van der Waals surface area contributed by atoms with Crippen molar-refractivity contribution in [2.24, 2.45) is 5.92 Å². The van der Waals surface area contributed by atoms with Crippen LogP contribution in [0, 0.1) is 16.0 Å². The number of hydrogen-bond donors (Lipinski definition) is 2. The Hall–Kier alpha value is -1.19. The first-order valence-corrected chi connectivity index (χ1v) is 9.23. The van der Waals surface area contributed by atoms with Gasteiger partial charge in [0.2, 0.25) is 10.0 Å². The van der Waals surface area contributed by atoms with Gasteiger partial charge < -0.3 is 5.73 Å². The maximum absolute atomic E-state index is 12.0. The van der Waals surface area contributed by atoms with Gasteiger partial charge in [-0.3, -0.25) is 10.1 Å². The Labute approximate surface area is 127 Å². The maximum Gasteiger partial charge on any atom is 0.304 e. The number of thiophene rings is 1. The van der Waals surface area contributed by atoms with Gasteiger partial charge >= 0.3 is 5.69 Å². The molecular formula is C12H19N3O4S2. The molecule has 118 valence electrons. The highest BCUT2D eigenvalue weighted by Gasteiger charge is 2.24. The Balaban J connectivity index is 1.89. The second-order valence-corrected chi connectivity index (χ2v) is 8.34. The lowest BCUT2D eigenvalue weighted by Crippen LogP contribution is -2.24. The highest BCUT2D eigenvalue weighted by atomic mass is 32.2. The average Bonchev–Trinajstić information content (AvgIpc) is 3.04. The van der Waals surface area contributed by atoms with Crippen LogP contribution in [0.15, 0.2) is 10.3 Å². The molecule has 1 aromatic heterocycles. The molecule has 0 atom stereocenters. The van der Waals surface area contributed by atoms with Gasteiger partial charge in [0.1, 0.15) is 4.21 Å². The molecule has 1 heterocycles. The zero-order valence-electron chi connectivity index (χ0n) is 11.6. The highest BCUT2D eigenvalue weighted by Crippen LogP contribution is 2.34. The number of anilines is 1. The Bertz CT molecular complexity index is 606. The van der Waals surface area contributed by atoms with Gasteiger partial charge in [0.15, 0.2) is 5.00 Å². The van der Waals surface area contributed by atoms with E-state index in [-0.39, 0.29) is 14.9 Å². The lowest BCUT2D eigenvalue weighted by Gasteiger charge is -2.08. The molecular weight excluding hydrogens is 314 g/mol. The number of nitrogens with two attached hydrogens (primary N) is 1. The Kier molecular flexibility index (Phi) is 5.17. The van der Waals surface area contributed by atoms with Crippen LogP contribution in [0.25, 0.3) is 0 Å². The van der Waals surface area contributed by atoms with Gasteiger partial charge in [-0.25, -0.2) is 13.1 Å². The fourth-order valence-electron chi connectivity index (χ4n) is 2.62. The van der Waals surface area contributed by atoms with Gasteiger partial charge in [-0.05, 0) is 18.8 Å². The van der Waals surface area contributed by atoms with Crippen LogP contribution in [0.5, 0.6) is 0 Å². The molecule has 1 aliphatic rings. The van der Waals surface area contributed by atoms with Crippen LogP contribution in [0.1, 0.15) is 38.5 Å². The van der Waals surface area contributed by atoms with E-state index in [0.717, 1.165) is 30.2 Å². The summed E-state index contributed by atoms with van der Waals surface area (Å²) in [4.78, 5) is 10.0. The normalized spacial score (nSPS) is 16.4. The standard InChI is InChI=1S/C12H19N3O4S2/c13-12-10(15(16)17)8-11(20-12)21(18,19)14-7-3-6-9-4-1-2-5-9/h8-9,14H,1-7,13H2. The van der Waals surface area contributed by atoms with Crippen molar-refractivity contribution >= 4 is 32.0 Å². The van der Waals surface area contributed by atoms with E-state index in [1.807, 2.05) is 0 Å². The van der Waals surface area contributed by atoms with Crippen molar-refractivity contribution in [1.29, 1.82) is 0 Å². The summed E-state index contributed by atoms with van der Waals surface area (Å²) in [5.74, 6) is 0.716. The van der Waals surface area contributed by atoms with E-state index < -0.39 is 14.9 Å². The molecule has 21 heavy (non-hydrogen) atoms. The van der Waals surface area contributed by atoms with Crippen LogP contribution in [-0.2, 0) is 10.0 Å². The smallest absolute Gasteiger partial charge is 0.304 e. The Morgan fingerprint density at radius 1 is 1.43 bits per heavy atom. The van der Waals surface area contributed by atoms with Gasteiger partial charge in [-0.2, -0.15) is 0 Å². The van der Waals surface area contributed by atoms with Crippen LogP contribution in [0.3, 0.4) is 0 Å². The van der Waals surface area contributed by atoms with E-state index in [1.165, 1.54) is 25.7 Å². The summed E-state index contributed by atoms with van der Waals surface area (Å²) >= 11 is 0.719. The van der Waals surface area contributed by atoms with Crippen LogP contribution in [-0.4, -0.2) is 19.9 Å². The van der Waals surface area contributed by atoms with E-state index in [1.54, 1.807) is 0 Å². The molecule has 1 saturated carbocycles. The molecule has 1 aliphatic carbocycles. The van der Waals surface area contributed by atoms with Gasteiger partial charge in [0.25, 0.3) is 0 Å². The molecule has 7 nitrogen and oxygen atoms in total. The molecule has 3 N–H and O–H groups in total. The predicted molar refractivity (Wildman–Crippen MR) is 81.8 cm³/mol. The summed E-state index contributed by atoms with van der Waals surface area (Å²) in [5.41, 5.74) is 5.11. The maximum atomic E-state index is 12.0. The Morgan fingerprint density at radius 3 is 2.67 bits per heavy atom. The second-order valence-electron chi connectivity index (χ2n) is 5.26. The van der Waals surface area contributed by atoms with Crippen LogP contribution < -0.4 is 10.5 Å². The fraction of sp³-hybridized carbons (Fsp3) is 0.667. The molecule has 0 amide bonds. The molecule has 0 aliphatic heterocycles. The minimum Gasteiger partial charge on any atom is -0.385 e. The lowest BCUT2D eigenvalue weighted by atomic mass is 10.0. The van der Waals surface area contributed by atoms with E-state index in [2.05, 4.69) is 4.72 Å². The minimum absolute atomic E-state index is 0.0914. The van der Waals surface area contributed by atoms with Crippen LogP contribution >= 0.6 is 11.3 Å². The van der Waals surface area contributed by atoms with Gasteiger partial charge in [0.05, 0.1) is 4.92 Å². The quantitative estimate of drug-likeness (QED) is 0.452. The summed E-state index contributed by atoms with van der Waals surface area (Å²) < 4.78 is 26.5. The van der Waals surface area contributed by atoms with Crippen molar-refractivity contribution in [3.05, 3.63) is 16.2 Å². The van der Waals surface area contributed by atoms with Crippen molar-refractivity contribution in [3.8, 4) is 0 Å². The largest absolute Gasteiger partial charge is 0.385 e. The third-order valence-electron chi connectivity index (χ3n) is 3.74. The number of rotatable bonds is 7. The van der Waals surface area contributed by atoms with Crippen LogP contribution in [0.4, 0.5) is 10.7 Å². The first-order valence-electron chi connectivity index (χ1n) is 6.93. The lowest BCUT2D eigenvalue weighted by molar-refractivity contribution is -0.383. The number of nitrogen functional groups attached to an aromatic ring is 1. The van der Waals surface area contributed by atoms with E-state index in [9.17, 15) is 18.5 Å². The predicted octanol–water partition coefficient (Wildman–Crippen LogP) is 2.49. The third-order valence-corrected chi connectivity index (χ3v) is 6.62. The topological polar surface area (TPSA) is 115 Å². The van der Waals surface area contributed by atoms with Crippen molar-refractivity contribution in [1.82, 2.24) is 4.72 Å². The van der Waals surface area contributed by atoms with Crippen LogP contribution in [0.2, 0.25) is 0 Å². The van der Waals surface area contributed by atoms with Gasteiger partial charge in [-0.1, -0.05) is 37.0 Å². The Morgan fingerprint density at radius 2 is 2.10 bits per heavy atom. The molecule has 0 spiro atoms. The highest BCUT2D eigenvalue weighted by molar-refractivity contribution is 7.91. The zero-order valence-corrected chi connectivity index (χ0v) is 13.2. The number of hydrogen-bond acceptors (Lipinski definition) is 6. The molecule has 2 rings (SSSR count). The van der Waals surface area contributed by atoms with Crippen molar-refractivity contribution in [2.45, 2.75) is 42.7 Å². The van der Waals surface area contributed by atoms with E-state index in [4.69, 9.17) is 5.73 Å². The molecule has 1 aromatic rings. The molecule has 0 saturated heterocycles. The molecule has 0 unspecified atom stereocenters. The average molecular weight is 333 g/mol. The molecule has 0 bridgehead atoms. The zero-order chi connectivity index (χ0) is 15.5. The monoisotopic (exact) mass is 333 g/mol. The number of nitrogens with zero attached hydrogens (tertiary/aromatic N) is 1. The second kappa shape index (κ2) is 6.71. The number of nitro groups is 1. The third kappa shape index (κ3) is 4.14. The van der Waals surface area contributed by atoms with Crippen molar-refractivity contribution in [2.75, 3.05) is 12.3 Å².